The van der Waals surface area contributed by atoms with E-state index in [9.17, 15) is 14.0 Å². The number of hydrogen-bond acceptors (Lipinski definition) is 2. The molecule has 0 aromatic heterocycles. The Morgan fingerprint density at radius 2 is 1.77 bits per heavy atom. The van der Waals surface area contributed by atoms with E-state index in [1.165, 1.54) is 24.3 Å². The van der Waals surface area contributed by atoms with Gasteiger partial charge >= 0.3 is 0 Å². The molecule has 3 rings (SSSR count). The summed E-state index contributed by atoms with van der Waals surface area (Å²) in [5.41, 5.74) is 1.24. The molecule has 1 amide bonds. The molecule has 1 aliphatic heterocycles. The van der Waals surface area contributed by atoms with Crippen LogP contribution < -0.4 is 4.90 Å². The maximum absolute atomic E-state index is 13.0. The van der Waals surface area contributed by atoms with Crippen LogP contribution in [-0.4, -0.2) is 18.7 Å². The van der Waals surface area contributed by atoms with Crippen molar-refractivity contribution < 1.29 is 14.0 Å². The number of ketones is 1. The van der Waals surface area contributed by atoms with E-state index in [-0.39, 0.29) is 23.9 Å². The number of nitrogens with zero attached hydrogens (tertiary/aromatic N) is 1. The van der Waals surface area contributed by atoms with Crippen molar-refractivity contribution in [3.8, 4) is 0 Å². The molecule has 0 unspecified atom stereocenters. The van der Waals surface area contributed by atoms with Gasteiger partial charge < -0.3 is 4.90 Å². The first-order chi connectivity index (χ1) is 10.4. The lowest BCUT2D eigenvalue weighted by atomic mass is 9.78. The molecule has 0 fully saturated rings. The van der Waals surface area contributed by atoms with Crippen LogP contribution in [0.2, 0.25) is 0 Å². The molecule has 1 heterocycles. The fourth-order valence-electron chi connectivity index (χ4n) is 3.06. The molecular formula is C18H16FNO2. The zero-order valence-corrected chi connectivity index (χ0v) is 12.5. The molecule has 2 aromatic rings. The van der Waals surface area contributed by atoms with E-state index in [0.29, 0.717) is 5.56 Å². The fraction of sp³-hybridized carbons (Fsp3) is 0.222. The van der Waals surface area contributed by atoms with E-state index in [1.807, 2.05) is 24.3 Å². The lowest BCUT2D eigenvalue weighted by molar-refractivity contribution is -0.122. The average Bonchev–Trinajstić information content (AvgIpc) is 2.70. The molecule has 2 aromatic carbocycles. The first-order valence-electron chi connectivity index (χ1n) is 7.10. The largest absolute Gasteiger partial charge is 0.314 e. The minimum Gasteiger partial charge on any atom is -0.314 e. The molecule has 0 spiro atoms. The summed E-state index contributed by atoms with van der Waals surface area (Å²) in [6.07, 6.45) is 0.0683. The van der Waals surface area contributed by atoms with Gasteiger partial charge in [0.1, 0.15) is 5.82 Å². The van der Waals surface area contributed by atoms with E-state index < -0.39 is 5.41 Å². The maximum Gasteiger partial charge on any atom is 0.237 e. The van der Waals surface area contributed by atoms with Gasteiger partial charge in [-0.2, -0.15) is 0 Å². The molecule has 0 saturated heterocycles. The van der Waals surface area contributed by atoms with Crippen LogP contribution in [0.5, 0.6) is 0 Å². The number of hydrogen-bond donors (Lipinski definition) is 0. The molecule has 22 heavy (non-hydrogen) atoms. The quantitative estimate of drug-likeness (QED) is 0.815. The summed E-state index contributed by atoms with van der Waals surface area (Å²) in [5, 5.41) is 0. The highest BCUT2D eigenvalue weighted by molar-refractivity contribution is 6.11. The molecule has 112 valence electrons. The standard InChI is InChI=1S/C18H16FNO2/c1-18(11-16(21)12-7-9-13(19)10-8-12)14-5-3-4-6-15(14)20(2)17(18)22/h3-10H,11H2,1-2H3/t18-/m0/s1. The number of benzene rings is 2. The van der Waals surface area contributed by atoms with Gasteiger partial charge in [-0.25, -0.2) is 4.39 Å². The van der Waals surface area contributed by atoms with Gasteiger partial charge in [-0.1, -0.05) is 18.2 Å². The van der Waals surface area contributed by atoms with Crippen LogP contribution in [0.15, 0.2) is 48.5 Å². The number of para-hydroxylation sites is 1. The summed E-state index contributed by atoms with van der Waals surface area (Å²) in [7, 11) is 1.72. The zero-order chi connectivity index (χ0) is 15.9. The van der Waals surface area contributed by atoms with Crippen LogP contribution in [0.1, 0.15) is 29.3 Å². The highest BCUT2D eigenvalue weighted by atomic mass is 19.1. The summed E-state index contributed by atoms with van der Waals surface area (Å²) >= 11 is 0. The number of anilines is 1. The van der Waals surface area contributed by atoms with Crippen molar-refractivity contribution in [2.45, 2.75) is 18.8 Å². The van der Waals surface area contributed by atoms with Crippen molar-refractivity contribution in [2.24, 2.45) is 0 Å². The number of halogens is 1. The van der Waals surface area contributed by atoms with E-state index in [1.54, 1.807) is 18.9 Å². The zero-order valence-electron chi connectivity index (χ0n) is 12.5. The van der Waals surface area contributed by atoms with Crippen molar-refractivity contribution in [2.75, 3.05) is 11.9 Å². The Bertz CT molecular complexity index is 754. The van der Waals surface area contributed by atoms with Crippen LogP contribution in [0.25, 0.3) is 0 Å². The second kappa shape index (κ2) is 5.05. The van der Waals surface area contributed by atoms with Gasteiger partial charge in [0.05, 0.1) is 5.41 Å². The van der Waals surface area contributed by atoms with E-state index in [0.717, 1.165) is 11.3 Å². The van der Waals surface area contributed by atoms with E-state index >= 15 is 0 Å². The third kappa shape index (κ3) is 2.11. The Balaban J connectivity index is 1.95. The van der Waals surface area contributed by atoms with E-state index in [2.05, 4.69) is 0 Å². The van der Waals surface area contributed by atoms with Crippen molar-refractivity contribution in [3.05, 3.63) is 65.5 Å². The van der Waals surface area contributed by atoms with Crippen LogP contribution >= 0.6 is 0 Å². The van der Waals surface area contributed by atoms with Crippen molar-refractivity contribution >= 4 is 17.4 Å². The van der Waals surface area contributed by atoms with Gasteiger partial charge in [0, 0.05) is 24.7 Å². The predicted octanol–water partition coefficient (Wildman–Crippen LogP) is 3.33. The first kappa shape index (κ1) is 14.4. The Morgan fingerprint density at radius 1 is 1.14 bits per heavy atom. The molecule has 1 atom stereocenters. The number of carbonyl (C=O) groups excluding carboxylic acids is 2. The third-order valence-electron chi connectivity index (χ3n) is 4.32. The highest BCUT2D eigenvalue weighted by Crippen LogP contribution is 2.43. The van der Waals surface area contributed by atoms with E-state index in [4.69, 9.17) is 0 Å². The topological polar surface area (TPSA) is 37.4 Å². The maximum atomic E-state index is 13.0. The van der Waals surface area contributed by atoms with Gasteiger partial charge in [0.15, 0.2) is 5.78 Å². The molecule has 0 N–H and O–H groups in total. The second-order valence-electron chi connectivity index (χ2n) is 5.82. The first-order valence-corrected chi connectivity index (χ1v) is 7.10. The molecule has 4 heteroatoms. The lowest BCUT2D eigenvalue weighted by Gasteiger charge is -2.22. The van der Waals surface area contributed by atoms with Crippen molar-refractivity contribution in [1.82, 2.24) is 0 Å². The molecule has 3 nitrogen and oxygen atoms in total. The number of Topliss-reactive ketones (excluding diaryl/α,β-unsaturated/α-hetero) is 1. The fourth-order valence-corrected chi connectivity index (χ4v) is 3.06. The molecule has 0 saturated carbocycles. The van der Waals surface area contributed by atoms with Gasteiger partial charge in [-0.05, 0) is 42.8 Å². The third-order valence-corrected chi connectivity index (χ3v) is 4.32. The lowest BCUT2D eigenvalue weighted by Crippen LogP contribution is -2.37. The second-order valence-corrected chi connectivity index (χ2v) is 5.82. The molecule has 1 aliphatic rings. The molecule has 0 radical (unpaired) electrons. The Hall–Kier alpha value is -2.49. The number of amides is 1. The average molecular weight is 297 g/mol. The minimum absolute atomic E-state index is 0.0683. The van der Waals surface area contributed by atoms with Gasteiger partial charge in [-0.15, -0.1) is 0 Å². The Kier molecular flexibility index (Phi) is 3.32. The van der Waals surface area contributed by atoms with Gasteiger partial charge in [0.25, 0.3) is 0 Å². The minimum atomic E-state index is -0.878. The van der Waals surface area contributed by atoms with Crippen LogP contribution in [-0.2, 0) is 10.2 Å². The summed E-state index contributed by atoms with van der Waals surface area (Å²) in [4.78, 5) is 26.7. The van der Waals surface area contributed by atoms with Crippen molar-refractivity contribution in [1.29, 1.82) is 0 Å². The predicted molar refractivity (Wildman–Crippen MR) is 82.6 cm³/mol. The summed E-state index contributed by atoms with van der Waals surface area (Å²) in [6, 6.07) is 12.9. The van der Waals surface area contributed by atoms with Gasteiger partial charge in [0.2, 0.25) is 5.91 Å². The van der Waals surface area contributed by atoms with Crippen LogP contribution in [0.4, 0.5) is 10.1 Å². The smallest absolute Gasteiger partial charge is 0.237 e. The molecule has 0 bridgehead atoms. The van der Waals surface area contributed by atoms with Gasteiger partial charge in [-0.3, -0.25) is 9.59 Å². The van der Waals surface area contributed by atoms with Crippen molar-refractivity contribution in [3.63, 3.8) is 0 Å². The normalized spacial score (nSPS) is 20.1. The highest BCUT2D eigenvalue weighted by Gasteiger charge is 2.46. The van der Waals surface area contributed by atoms with Crippen LogP contribution in [0, 0.1) is 5.82 Å². The Morgan fingerprint density at radius 3 is 2.45 bits per heavy atom. The summed E-state index contributed by atoms with van der Waals surface area (Å²) in [6.45, 7) is 1.79. The number of fused-ring (bicyclic) bond motifs is 1. The molecule has 0 aliphatic carbocycles. The number of likely N-dealkylation sites (N-methyl/N-ethyl adjacent to an activating group) is 1. The summed E-state index contributed by atoms with van der Waals surface area (Å²) in [5.74, 6) is -0.644. The number of carbonyl (C=O) groups is 2. The number of rotatable bonds is 3. The monoisotopic (exact) mass is 297 g/mol. The summed E-state index contributed by atoms with van der Waals surface area (Å²) < 4.78 is 13.0. The SMILES string of the molecule is CN1C(=O)[C@@](C)(CC(=O)c2ccc(F)cc2)c2ccccc21. The van der Waals surface area contributed by atoms with Crippen LogP contribution in [0.3, 0.4) is 0 Å². The molecular weight excluding hydrogens is 281 g/mol. The Labute approximate surface area is 128 Å².